The Hall–Kier alpha value is -1.95. The van der Waals surface area contributed by atoms with Gasteiger partial charge in [0.1, 0.15) is 10.5 Å². The minimum atomic E-state index is -0.977. The predicted molar refractivity (Wildman–Crippen MR) is 75.8 cm³/mol. The first-order valence-corrected chi connectivity index (χ1v) is 7.03. The van der Waals surface area contributed by atoms with Crippen LogP contribution in [0.15, 0.2) is 16.2 Å². The molecule has 20 heavy (non-hydrogen) atoms. The lowest BCUT2D eigenvalue weighted by atomic mass is 10.1. The number of hydrogen-bond acceptors (Lipinski definition) is 3. The molecule has 2 aromatic heterocycles. The summed E-state index contributed by atoms with van der Waals surface area (Å²) in [6.45, 7) is 2.22. The summed E-state index contributed by atoms with van der Waals surface area (Å²) in [6, 6.07) is 1.01. The predicted octanol–water partition coefficient (Wildman–Crippen LogP) is 3.05. The Balaban J connectivity index is 2.45. The minimum absolute atomic E-state index is 0.165. The number of aromatic nitrogens is 1. The number of rotatable bonds is 0. The van der Waals surface area contributed by atoms with Crippen LogP contribution < -0.4 is 10.3 Å². The molecule has 0 spiro atoms. The Morgan fingerprint density at radius 3 is 2.85 bits per heavy atom. The van der Waals surface area contributed by atoms with Crippen molar-refractivity contribution in [2.75, 3.05) is 11.9 Å². The van der Waals surface area contributed by atoms with Crippen molar-refractivity contribution in [3.8, 4) is 0 Å². The van der Waals surface area contributed by atoms with Gasteiger partial charge in [-0.25, -0.2) is 8.78 Å². The lowest BCUT2D eigenvalue weighted by molar-refractivity contribution is 0.508. The monoisotopic (exact) mass is 292 g/mol. The lowest BCUT2D eigenvalue weighted by Gasteiger charge is -2.27. The molecular weight excluding hydrogens is 282 g/mol. The summed E-state index contributed by atoms with van der Waals surface area (Å²) >= 11 is 1.46. The Labute approximate surface area is 116 Å². The summed E-state index contributed by atoms with van der Waals surface area (Å²) < 4.78 is 29.8. The van der Waals surface area contributed by atoms with Crippen LogP contribution in [-0.4, -0.2) is 11.4 Å². The smallest absolute Gasteiger partial charge is 0.193 e. The molecule has 0 fully saturated rings. The van der Waals surface area contributed by atoms with Crippen molar-refractivity contribution in [2.24, 2.45) is 0 Å². The van der Waals surface area contributed by atoms with Gasteiger partial charge in [0, 0.05) is 18.0 Å². The molecule has 0 saturated heterocycles. The van der Waals surface area contributed by atoms with Gasteiger partial charge >= 0.3 is 0 Å². The van der Waals surface area contributed by atoms with Crippen molar-refractivity contribution >= 4 is 32.8 Å². The van der Waals surface area contributed by atoms with Gasteiger partial charge in [0.25, 0.3) is 0 Å². The third kappa shape index (κ3) is 1.20. The van der Waals surface area contributed by atoms with Gasteiger partial charge in [-0.2, -0.15) is 0 Å². The summed E-state index contributed by atoms with van der Waals surface area (Å²) in [5, 5.41) is 2.20. The van der Waals surface area contributed by atoms with Crippen LogP contribution in [-0.2, 0) is 6.54 Å². The maximum atomic E-state index is 14.1. The first-order valence-electron chi connectivity index (χ1n) is 6.15. The van der Waals surface area contributed by atoms with Crippen LogP contribution in [0, 0.1) is 18.6 Å². The van der Waals surface area contributed by atoms with E-state index in [1.165, 1.54) is 11.3 Å². The highest BCUT2D eigenvalue weighted by Crippen LogP contribution is 2.37. The molecule has 4 rings (SSSR count). The Kier molecular flexibility index (Phi) is 2.12. The summed E-state index contributed by atoms with van der Waals surface area (Å²) in [4.78, 5) is 14.8. The van der Waals surface area contributed by atoms with E-state index in [0.717, 1.165) is 16.6 Å². The van der Waals surface area contributed by atoms with Crippen molar-refractivity contribution in [1.82, 2.24) is 4.40 Å². The van der Waals surface area contributed by atoms with Crippen LogP contribution in [0.1, 0.15) is 11.3 Å². The van der Waals surface area contributed by atoms with E-state index in [9.17, 15) is 13.6 Å². The number of aryl methyl sites for hydroxylation is 1. The zero-order valence-corrected chi connectivity index (χ0v) is 11.6. The fourth-order valence-electron chi connectivity index (χ4n) is 2.94. The summed E-state index contributed by atoms with van der Waals surface area (Å²) in [6.07, 6.45) is 0. The van der Waals surface area contributed by atoms with Gasteiger partial charge in [0.15, 0.2) is 17.1 Å². The quantitative estimate of drug-likeness (QED) is 0.636. The molecule has 0 atom stereocenters. The fourth-order valence-corrected chi connectivity index (χ4v) is 3.95. The maximum Gasteiger partial charge on any atom is 0.193 e. The van der Waals surface area contributed by atoms with Crippen LogP contribution >= 0.6 is 11.3 Å². The van der Waals surface area contributed by atoms with E-state index in [1.807, 2.05) is 9.78 Å². The second kappa shape index (κ2) is 3.58. The molecule has 3 nitrogen and oxygen atoms in total. The highest BCUT2D eigenvalue weighted by atomic mass is 32.1. The molecule has 0 aliphatic carbocycles. The first kappa shape index (κ1) is 11.8. The molecule has 0 N–H and O–H groups in total. The van der Waals surface area contributed by atoms with Gasteiger partial charge in [-0.3, -0.25) is 9.20 Å². The molecule has 0 bridgehead atoms. The lowest BCUT2D eigenvalue weighted by Crippen LogP contribution is -2.26. The number of benzene rings is 1. The van der Waals surface area contributed by atoms with Gasteiger partial charge < -0.3 is 4.90 Å². The van der Waals surface area contributed by atoms with Crippen LogP contribution in [0.3, 0.4) is 0 Å². The molecular formula is C14H10F2N2OS. The second-order valence-electron chi connectivity index (χ2n) is 5.09. The first-order chi connectivity index (χ1) is 9.50. The van der Waals surface area contributed by atoms with E-state index < -0.39 is 11.6 Å². The number of nitrogens with zero attached hydrogens (tertiary/aromatic N) is 2. The van der Waals surface area contributed by atoms with Crippen molar-refractivity contribution in [3.05, 3.63) is 44.6 Å². The number of thiazole rings is 1. The third-order valence-corrected chi connectivity index (χ3v) is 4.98. The Morgan fingerprint density at radius 2 is 2.10 bits per heavy atom. The number of halogens is 2. The summed E-state index contributed by atoms with van der Waals surface area (Å²) in [5.74, 6) is -1.87. The number of pyridine rings is 1. The van der Waals surface area contributed by atoms with Crippen molar-refractivity contribution in [2.45, 2.75) is 13.5 Å². The van der Waals surface area contributed by atoms with Crippen LogP contribution in [0.5, 0.6) is 0 Å². The molecule has 1 aliphatic rings. The SMILES string of the molecule is Cc1c(=O)c2cc(F)c(F)c3c2n2c(csc12)CN3C. The molecule has 1 aromatic carbocycles. The highest BCUT2D eigenvalue weighted by molar-refractivity contribution is 7.15. The molecule has 6 heteroatoms. The fraction of sp³-hybridized carbons (Fsp3) is 0.214. The average molecular weight is 292 g/mol. The van der Waals surface area contributed by atoms with E-state index >= 15 is 0 Å². The molecule has 3 aromatic rings. The molecule has 0 saturated carbocycles. The van der Waals surface area contributed by atoms with E-state index in [1.54, 1.807) is 18.9 Å². The second-order valence-corrected chi connectivity index (χ2v) is 5.95. The maximum absolute atomic E-state index is 14.1. The zero-order valence-electron chi connectivity index (χ0n) is 10.8. The van der Waals surface area contributed by atoms with Crippen molar-refractivity contribution < 1.29 is 8.78 Å². The highest BCUT2D eigenvalue weighted by Gasteiger charge is 2.27. The molecule has 1 aliphatic heterocycles. The number of hydrogen-bond donors (Lipinski definition) is 0. The standard InChI is InChI=1S/C14H10F2N2OS/c1-6-13(19)8-3-9(15)10(16)12-11(8)18-7(4-17(12)2)5-20-14(6)18/h3,5H,4H2,1-2H3. The molecule has 0 unspecified atom stereocenters. The molecule has 3 heterocycles. The van der Waals surface area contributed by atoms with E-state index in [0.29, 0.717) is 17.6 Å². The minimum Gasteiger partial charge on any atom is -0.365 e. The van der Waals surface area contributed by atoms with Gasteiger partial charge in [-0.15, -0.1) is 11.3 Å². The largest absolute Gasteiger partial charge is 0.365 e. The zero-order chi connectivity index (χ0) is 14.2. The van der Waals surface area contributed by atoms with Gasteiger partial charge in [-0.05, 0) is 13.0 Å². The van der Waals surface area contributed by atoms with Crippen LogP contribution in [0.25, 0.3) is 15.7 Å². The Morgan fingerprint density at radius 1 is 1.35 bits per heavy atom. The van der Waals surface area contributed by atoms with Crippen molar-refractivity contribution in [1.29, 1.82) is 0 Å². The van der Waals surface area contributed by atoms with Crippen LogP contribution in [0.4, 0.5) is 14.5 Å². The van der Waals surface area contributed by atoms with Crippen molar-refractivity contribution in [3.63, 3.8) is 0 Å². The van der Waals surface area contributed by atoms with E-state index in [2.05, 4.69) is 0 Å². The normalized spacial score (nSPS) is 13.9. The van der Waals surface area contributed by atoms with Crippen LogP contribution in [0.2, 0.25) is 0 Å². The summed E-state index contributed by atoms with van der Waals surface area (Å²) in [5.41, 5.74) is 1.97. The number of anilines is 1. The Bertz CT molecular complexity index is 958. The van der Waals surface area contributed by atoms with E-state index in [4.69, 9.17) is 0 Å². The summed E-state index contributed by atoms with van der Waals surface area (Å²) in [7, 11) is 1.70. The van der Waals surface area contributed by atoms with Gasteiger partial charge in [-0.1, -0.05) is 0 Å². The molecule has 0 radical (unpaired) electrons. The van der Waals surface area contributed by atoms with Gasteiger partial charge in [0.05, 0.1) is 23.1 Å². The topological polar surface area (TPSA) is 24.7 Å². The van der Waals surface area contributed by atoms with E-state index in [-0.39, 0.29) is 16.5 Å². The average Bonchev–Trinajstić information content (AvgIpc) is 2.82. The third-order valence-electron chi connectivity index (χ3n) is 3.88. The van der Waals surface area contributed by atoms with Gasteiger partial charge in [0.2, 0.25) is 0 Å². The molecule has 102 valence electrons. The molecule has 0 amide bonds.